The number of rotatable bonds is 0. The zero-order chi connectivity index (χ0) is 24.4. The normalized spacial score (nSPS) is 18.4. The van der Waals surface area contributed by atoms with E-state index in [1.165, 1.54) is 10.9 Å². The average Bonchev–Trinajstić information content (AvgIpc) is 3.20. The molecular weight excluding hydrogens is 460 g/mol. The van der Waals surface area contributed by atoms with Crippen molar-refractivity contribution in [3.05, 3.63) is 53.0 Å². The van der Waals surface area contributed by atoms with Gasteiger partial charge in [0.1, 0.15) is 17.9 Å². The molecule has 174 valence electrons. The summed E-state index contributed by atoms with van der Waals surface area (Å²) in [5, 5.41) is 15.2. The van der Waals surface area contributed by atoms with Gasteiger partial charge in [0.25, 0.3) is 0 Å². The van der Waals surface area contributed by atoms with Gasteiger partial charge < -0.3 is 10.5 Å². The number of urea groups is 1. The number of pyridine rings is 1. The van der Waals surface area contributed by atoms with Crippen LogP contribution in [0.25, 0.3) is 11.1 Å². The standard InChI is InChI=1S/C21H20N8O4S/c1-11-4-5-16-14(6-11)12(2)33-18-7-13(9-24-20(18)23)19-15(25-27(3)17(19)8-22)10-28-21(30)26-34(31,32)29(16)28/h4-7,9,12H,10H2,1-3H3,(H2,23,24)(H,26,30)/t12-/m1/s1. The Labute approximate surface area is 195 Å². The highest BCUT2D eigenvalue weighted by molar-refractivity contribution is 7.91. The van der Waals surface area contributed by atoms with E-state index in [1.54, 1.807) is 38.2 Å². The zero-order valence-electron chi connectivity index (χ0n) is 18.5. The van der Waals surface area contributed by atoms with Gasteiger partial charge in [-0.05, 0) is 26.0 Å². The first-order valence-electron chi connectivity index (χ1n) is 10.2. The van der Waals surface area contributed by atoms with Crippen LogP contribution in [0.3, 0.4) is 0 Å². The van der Waals surface area contributed by atoms with Crippen molar-refractivity contribution in [1.82, 2.24) is 24.5 Å². The summed E-state index contributed by atoms with van der Waals surface area (Å²) in [4.78, 5) is 17.1. The van der Waals surface area contributed by atoms with Gasteiger partial charge in [0, 0.05) is 29.9 Å². The molecule has 34 heavy (non-hydrogen) atoms. The summed E-state index contributed by atoms with van der Waals surface area (Å²) in [6, 6.07) is 8.06. The highest BCUT2D eigenvalue weighted by atomic mass is 32.2. The summed E-state index contributed by atoms with van der Waals surface area (Å²) >= 11 is 0. The van der Waals surface area contributed by atoms with E-state index in [1.807, 2.05) is 11.6 Å². The van der Waals surface area contributed by atoms with E-state index in [4.69, 9.17) is 10.5 Å². The van der Waals surface area contributed by atoms with Crippen LogP contribution in [0, 0.1) is 18.3 Å². The van der Waals surface area contributed by atoms with Gasteiger partial charge >= 0.3 is 16.2 Å². The number of amides is 2. The molecule has 2 bridgehead atoms. The minimum atomic E-state index is -4.25. The minimum absolute atomic E-state index is 0.137. The Balaban J connectivity index is 1.83. The molecule has 2 aromatic heterocycles. The smallest absolute Gasteiger partial charge is 0.352 e. The van der Waals surface area contributed by atoms with Crippen LogP contribution >= 0.6 is 0 Å². The van der Waals surface area contributed by atoms with Crippen LogP contribution in [0.15, 0.2) is 30.5 Å². The molecule has 12 nitrogen and oxygen atoms in total. The van der Waals surface area contributed by atoms with Crippen molar-refractivity contribution in [1.29, 1.82) is 5.26 Å². The van der Waals surface area contributed by atoms with E-state index in [0.29, 0.717) is 22.4 Å². The predicted octanol–water partition coefficient (Wildman–Crippen LogP) is 1.89. The molecule has 4 heterocycles. The van der Waals surface area contributed by atoms with E-state index in [9.17, 15) is 18.5 Å². The number of hydrazine groups is 1. The number of carbonyl (C=O) groups is 1. The van der Waals surface area contributed by atoms with Crippen molar-refractivity contribution < 1.29 is 17.9 Å². The van der Waals surface area contributed by atoms with E-state index in [-0.39, 0.29) is 29.5 Å². The number of carbonyl (C=O) groups excluding carboxylic acids is 1. The van der Waals surface area contributed by atoms with Crippen LogP contribution < -0.4 is 19.6 Å². The van der Waals surface area contributed by atoms with Gasteiger partial charge in [-0.15, -0.1) is 0 Å². The van der Waals surface area contributed by atoms with Gasteiger partial charge in [-0.25, -0.2) is 19.5 Å². The van der Waals surface area contributed by atoms with Crippen molar-refractivity contribution in [3.63, 3.8) is 0 Å². The van der Waals surface area contributed by atoms with E-state index in [2.05, 4.69) is 16.2 Å². The summed E-state index contributed by atoms with van der Waals surface area (Å²) < 4.78 is 36.5. The number of benzene rings is 1. The maximum Gasteiger partial charge on any atom is 0.352 e. The quantitative estimate of drug-likeness (QED) is 0.493. The molecule has 1 atom stereocenters. The van der Waals surface area contributed by atoms with Gasteiger partial charge in [-0.2, -0.15) is 23.2 Å². The number of aryl methyl sites for hydroxylation is 2. The molecule has 1 saturated heterocycles. The molecule has 0 radical (unpaired) electrons. The number of hydrogen-bond donors (Lipinski definition) is 2. The van der Waals surface area contributed by atoms with Crippen LogP contribution in [0.5, 0.6) is 5.75 Å². The van der Waals surface area contributed by atoms with Crippen LogP contribution in [-0.4, -0.2) is 34.2 Å². The Hall–Kier alpha value is -4.31. The van der Waals surface area contributed by atoms with Crippen LogP contribution in [0.2, 0.25) is 0 Å². The van der Waals surface area contributed by atoms with Crippen molar-refractivity contribution in [2.45, 2.75) is 26.5 Å². The molecule has 0 saturated carbocycles. The van der Waals surface area contributed by atoms with Crippen LogP contribution in [0.4, 0.5) is 16.3 Å². The maximum atomic E-state index is 13.0. The molecule has 5 rings (SSSR count). The number of nitrogen functional groups attached to an aromatic ring is 1. The number of nitriles is 1. The number of hydrogen-bond acceptors (Lipinski definition) is 8. The first-order valence-corrected chi connectivity index (χ1v) is 11.7. The monoisotopic (exact) mass is 480 g/mol. The third-order valence-corrected chi connectivity index (χ3v) is 7.01. The van der Waals surface area contributed by atoms with E-state index >= 15 is 0 Å². The molecule has 2 amide bonds. The van der Waals surface area contributed by atoms with Crippen molar-refractivity contribution in [2.75, 3.05) is 10.1 Å². The lowest BCUT2D eigenvalue weighted by Gasteiger charge is -2.29. The topological polar surface area (TPSA) is 159 Å². The average molecular weight is 481 g/mol. The number of fused-ring (bicyclic) bond motifs is 7. The molecule has 1 fully saturated rings. The SMILES string of the molecule is Cc1ccc2c(c1)[C@@H](C)Oc1cc(cnc1N)-c1c(nn(C)c1C#N)CN1C(=O)NS(=O)(=O)N21. The summed E-state index contributed by atoms with van der Waals surface area (Å²) in [6.45, 7) is 3.38. The molecule has 3 N–H and O–H groups in total. The highest BCUT2D eigenvalue weighted by Crippen LogP contribution is 2.39. The largest absolute Gasteiger partial charge is 0.482 e. The Morgan fingerprint density at radius 1 is 1.32 bits per heavy atom. The lowest BCUT2D eigenvalue weighted by molar-refractivity contribution is 0.208. The van der Waals surface area contributed by atoms with Crippen LogP contribution in [-0.2, 0) is 23.8 Å². The lowest BCUT2D eigenvalue weighted by Crippen LogP contribution is -2.41. The van der Waals surface area contributed by atoms with Gasteiger partial charge in [-0.3, -0.25) is 4.68 Å². The number of nitrogens with one attached hydrogen (secondary N) is 1. The molecule has 2 aliphatic heterocycles. The molecule has 0 unspecified atom stereocenters. The molecule has 2 aliphatic rings. The first kappa shape index (κ1) is 21.5. The van der Waals surface area contributed by atoms with Gasteiger partial charge in [0.15, 0.2) is 11.6 Å². The second-order valence-electron chi connectivity index (χ2n) is 8.05. The number of aromatic nitrogens is 3. The van der Waals surface area contributed by atoms with Crippen molar-refractivity contribution in [2.24, 2.45) is 7.05 Å². The fourth-order valence-electron chi connectivity index (χ4n) is 4.19. The van der Waals surface area contributed by atoms with Gasteiger partial charge in [0.2, 0.25) is 0 Å². The fraction of sp³-hybridized carbons (Fsp3) is 0.238. The van der Waals surface area contributed by atoms with Crippen molar-refractivity contribution in [3.8, 4) is 22.9 Å². The number of nitrogens with zero attached hydrogens (tertiary/aromatic N) is 6. The maximum absolute atomic E-state index is 13.0. The third-order valence-electron chi connectivity index (χ3n) is 5.72. The minimum Gasteiger partial charge on any atom is -0.482 e. The Bertz CT molecular complexity index is 1510. The molecule has 0 spiro atoms. The summed E-state index contributed by atoms with van der Waals surface area (Å²) in [6.07, 6.45) is 0.821. The molecule has 1 aromatic carbocycles. The molecule has 13 heteroatoms. The third kappa shape index (κ3) is 3.19. The summed E-state index contributed by atoms with van der Waals surface area (Å²) in [7, 11) is -2.66. The Morgan fingerprint density at radius 3 is 2.82 bits per heavy atom. The number of anilines is 2. The lowest BCUT2D eigenvalue weighted by atomic mass is 10.0. The number of nitrogens with two attached hydrogens (primary N) is 1. The molecule has 0 aliphatic carbocycles. The van der Waals surface area contributed by atoms with E-state index < -0.39 is 22.3 Å². The predicted molar refractivity (Wildman–Crippen MR) is 121 cm³/mol. The van der Waals surface area contributed by atoms with E-state index in [0.717, 1.165) is 15.0 Å². The Morgan fingerprint density at radius 2 is 2.09 bits per heavy atom. The summed E-state index contributed by atoms with van der Waals surface area (Å²) in [5.74, 6) is 0.408. The highest BCUT2D eigenvalue weighted by Gasteiger charge is 2.44. The van der Waals surface area contributed by atoms with Gasteiger partial charge in [-0.1, -0.05) is 17.7 Å². The number of ether oxygens (including phenoxy) is 1. The molecule has 3 aromatic rings. The second kappa shape index (κ2) is 7.35. The summed E-state index contributed by atoms with van der Waals surface area (Å²) in [5.41, 5.74) is 9.11. The Kier molecular flexibility index (Phi) is 4.66. The second-order valence-corrected chi connectivity index (χ2v) is 9.55. The zero-order valence-corrected chi connectivity index (χ0v) is 19.3. The fourth-order valence-corrected chi connectivity index (χ4v) is 5.42. The van der Waals surface area contributed by atoms with Crippen molar-refractivity contribution >= 4 is 27.7 Å². The first-order chi connectivity index (χ1) is 16.1. The molecular formula is C21H20N8O4S. The van der Waals surface area contributed by atoms with Crippen LogP contribution in [0.1, 0.15) is 35.5 Å². The van der Waals surface area contributed by atoms with Gasteiger partial charge in [0.05, 0.1) is 17.9 Å².